The lowest BCUT2D eigenvalue weighted by molar-refractivity contribution is -0.141. The summed E-state index contributed by atoms with van der Waals surface area (Å²) in [6.07, 6.45) is 0. The molecule has 0 spiro atoms. The fraction of sp³-hybridized carbons (Fsp3) is 0.500. The summed E-state index contributed by atoms with van der Waals surface area (Å²) in [5, 5.41) is 8.95. The fourth-order valence-corrected chi connectivity index (χ4v) is 4.01. The number of rotatable bonds is 9. The summed E-state index contributed by atoms with van der Waals surface area (Å²) in [6.45, 7) is 2.53. The zero-order valence-corrected chi connectivity index (χ0v) is 16.0. The highest BCUT2D eigenvalue weighted by molar-refractivity contribution is 7.93. The molecule has 0 aliphatic carbocycles. The highest BCUT2D eigenvalue weighted by Crippen LogP contribution is 2.29. The van der Waals surface area contributed by atoms with E-state index in [1.165, 1.54) is 46.2 Å². The van der Waals surface area contributed by atoms with Gasteiger partial charge in [-0.2, -0.15) is 0 Å². The van der Waals surface area contributed by atoms with E-state index in [0.29, 0.717) is 0 Å². The number of sulfonamides is 2. The third-order valence-corrected chi connectivity index (χ3v) is 6.65. The first-order valence-electron chi connectivity index (χ1n) is 7.32. The number of methoxy groups -OCH3 is 1. The third kappa shape index (κ3) is 5.31. The zero-order chi connectivity index (χ0) is 19.4. The summed E-state index contributed by atoms with van der Waals surface area (Å²) in [6, 6.07) is 3.85. The van der Waals surface area contributed by atoms with Gasteiger partial charge in [-0.05, 0) is 19.1 Å². The van der Waals surface area contributed by atoms with Crippen molar-refractivity contribution in [3.63, 3.8) is 0 Å². The Bertz CT molecular complexity index is 835. The van der Waals surface area contributed by atoms with Crippen LogP contribution in [-0.2, 0) is 24.8 Å². The number of carbonyl (C=O) groups is 1. The molecule has 0 saturated heterocycles. The molecule has 0 aliphatic rings. The van der Waals surface area contributed by atoms with Crippen LogP contribution in [-0.4, -0.2) is 58.7 Å². The Hall–Kier alpha value is -1.85. The van der Waals surface area contributed by atoms with Crippen molar-refractivity contribution in [1.82, 2.24) is 4.31 Å². The molecule has 0 bridgehead atoms. The number of carboxylic acids is 1. The minimum Gasteiger partial charge on any atom is -0.497 e. The number of anilines is 1. The maximum atomic E-state index is 12.7. The predicted octanol–water partition coefficient (Wildman–Crippen LogP) is 0.798. The maximum absolute atomic E-state index is 12.7. The minimum absolute atomic E-state index is 0.156. The maximum Gasteiger partial charge on any atom is 0.307 e. The monoisotopic (exact) mass is 394 g/mol. The van der Waals surface area contributed by atoms with Gasteiger partial charge in [-0.1, -0.05) is 6.92 Å². The average Bonchev–Trinajstić information content (AvgIpc) is 2.53. The Kier molecular flexibility index (Phi) is 6.80. The predicted molar refractivity (Wildman–Crippen MR) is 92.7 cm³/mol. The molecule has 0 saturated carbocycles. The summed E-state index contributed by atoms with van der Waals surface area (Å²) < 4.78 is 57.3. The molecule has 0 radical (unpaired) electrons. The molecule has 142 valence electrons. The van der Waals surface area contributed by atoms with Crippen molar-refractivity contribution in [2.75, 3.05) is 31.2 Å². The lowest BCUT2D eigenvalue weighted by atomic mass is 10.2. The van der Waals surface area contributed by atoms with Crippen molar-refractivity contribution < 1.29 is 31.5 Å². The molecule has 0 aliphatic heterocycles. The van der Waals surface area contributed by atoms with Gasteiger partial charge in [0.05, 0.1) is 24.5 Å². The number of benzene rings is 1. The van der Waals surface area contributed by atoms with E-state index in [-0.39, 0.29) is 28.6 Å². The van der Waals surface area contributed by atoms with Gasteiger partial charge in [0.2, 0.25) is 20.0 Å². The molecule has 1 aromatic carbocycles. The van der Waals surface area contributed by atoms with Crippen molar-refractivity contribution in [3.8, 4) is 5.75 Å². The minimum atomic E-state index is -4.12. The highest BCUT2D eigenvalue weighted by Gasteiger charge is 2.28. The Morgan fingerprint density at radius 1 is 1.32 bits per heavy atom. The van der Waals surface area contributed by atoms with E-state index >= 15 is 0 Å². The number of ether oxygens (including phenoxy) is 1. The van der Waals surface area contributed by atoms with Gasteiger partial charge in [0.1, 0.15) is 10.6 Å². The van der Waals surface area contributed by atoms with Crippen molar-refractivity contribution in [3.05, 3.63) is 18.2 Å². The molecule has 0 heterocycles. The van der Waals surface area contributed by atoms with Gasteiger partial charge in [-0.3, -0.25) is 9.52 Å². The van der Waals surface area contributed by atoms with E-state index in [0.717, 1.165) is 4.31 Å². The van der Waals surface area contributed by atoms with Gasteiger partial charge in [0, 0.05) is 19.7 Å². The largest absolute Gasteiger partial charge is 0.497 e. The van der Waals surface area contributed by atoms with Crippen LogP contribution in [0.2, 0.25) is 0 Å². The SMILES string of the molecule is CCS(=O)(=O)Nc1cc(OC)ccc1S(=O)(=O)N(C)CC(C)C(=O)O. The molecule has 2 N–H and O–H groups in total. The standard InChI is InChI=1S/C14H22N2O7S2/c1-5-24(19,20)15-12-8-11(23-4)6-7-13(12)25(21,22)16(3)9-10(2)14(17)18/h6-8,10,15H,5,9H2,1-4H3,(H,17,18). The van der Waals surface area contributed by atoms with Crippen LogP contribution in [0, 0.1) is 5.92 Å². The Balaban J connectivity index is 3.36. The van der Waals surface area contributed by atoms with Gasteiger partial charge in [-0.25, -0.2) is 21.1 Å². The number of carboxylic acid groups (broad SMARTS) is 1. The first-order chi connectivity index (χ1) is 11.4. The molecule has 0 fully saturated rings. The van der Waals surface area contributed by atoms with Gasteiger partial charge >= 0.3 is 5.97 Å². The van der Waals surface area contributed by atoms with Crippen LogP contribution in [0.1, 0.15) is 13.8 Å². The van der Waals surface area contributed by atoms with Crippen LogP contribution >= 0.6 is 0 Å². The second-order valence-corrected chi connectivity index (χ2v) is 9.42. The zero-order valence-electron chi connectivity index (χ0n) is 14.4. The Labute approximate surface area is 147 Å². The molecule has 1 rings (SSSR count). The van der Waals surface area contributed by atoms with Crippen molar-refractivity contribution in [1.29, 1.82) is 0 Å². The van der Waals surface area contributed by atoms with E-state index < -0.39 is 31.9 Å². The molecular formula is C14H22N2O7S2. The summed E-state index contributed by atoms with van der Waals surface area (Å²) in [7, 11) is -5.24. The lowest BCUT2D eigenvalue weighted by Gasteiger charge is -2.21. The van der Waals surface area contributed by atoms with Crippen molar-refractivity contribution in [2.45, 2.75) is 18.7 Å². The fourth-order valence-electron chi connectivity index (χ4n) is 1.91. The van der Waals surface area contributed by atoms with Crippen LogP contribution in [0.25, 0.3) is 0 Å². The van der Waals surface area contributed by atoms with Crippen molar-refractivity contribution >= 4 is 31.7 Å². The van der Waals surface area contributed by atoms with Gasteiger partial charge < -0.3 is 9.84 Å². The molecule has 25 heavy (non-hydrogen) atoms. The van der Waals surface area contributed by atoms with Crippen LogP contribution in [0.3, 0.4) is 0 Å². The normalized spacial score (nSPS) is 13.5. The molecule has 0 amide bonds. The molecule has 1 atom stereocenters. The van der Waals surface area contributed by atoms with E-state index in [9.17, 15) is 21.6 Å². The lowest BCUT2D eigenvalue weighted by Crippen LogP contribution is -2.34. The number of nitrogens with zero attached hydrogens (tertiary/aromatic N) is 1. The van der Waals surface area contributed by atoms with Crippen LogP contribution in [0.5, 0.6) is 5.75 Å². The molecule has 0 aromatic heterocycles. The number of hydrogen-bond donors (Lipinski definition) is 2. The number of hydrogen-bond acceptors (Lipinski definition) is 6. The topological polar surface area (TPSA) is 130 Å². The first kappa shape index (κ1) is 21.2. The van der Waals surface area contributed by atoms with Gasteiger partial charge in [0.25, 0.3) is 0 Å². The average molecular weight is 394 g/mol. The van der Waals surface area contributed by atoms with E-state index in [4.69, 9.17) is 9.84 Å². The van der Waals surface area contributed by atoms with Crippen LogP contribution < -0.4 is 9.46 Å². The van der Waals surface area contributed by atoms with Crippen LogP contribution in [0.15, 0.2) is 23.1 Å². The van der Waals surface area contributed by atoms with Gasteiger partial charge in [-0.15, -0.1) is 0 Å². The van der Waals surface area contributed by atoms with E-state index in [1.54, 1.807) is 0 Å². The quantitative estimate of drug-likeness (QED) is 0.633. The van der Waals surface area contributed by atoms with E-state index in [1.807, 2.05) is 0 Å². The molecular weight excluding hydrogens is 372 g/mol. The van der Waals surface area contributed by atoms with E-state index in [2.05, 4.69) is 4.72 Å². The van der Waals surface area contributed by atoms with Crippen molar-refractivity contribution in [2.24, 2.45) is 5.92 Å². The number of aliphatic carboxylic acids is 1. The molecule has 9 nitrogen and oxygen atoms in total. The molecule has 1 aromatic rings. The molecule has 1 unspecified atom stereocenters. The number of nitrogens with one attached hydrogen (secondary N) is 1. The van der Waals surface area contributed by atoms with Crippen LogP contribution in [0.4, 0.5) is 5.69 Å². The summed E-state index contributed by atoms with van der Waals surface area (Å²) in [5.41, 5.74) is -0.156. The second kappa shape index (κ2) is 8.02. The van der Waals surface area contributed by atoms with Gasteiger partial charge in [0.15, 0.2) is 0 Å². The Morgan fingerprint density at radius 3 is 2.40 bits per heavy atom. The molecule has 11 heteroatoms. The highest BCUT2D eigenvalue weighted by atomic mass is 32.2. The summed E-state index contributed by atoms with van der Waals surface area (Å²) in [5.74, 6) is -2.03. The first-order valence-corrected chi connectivity index (χ1v) is 10.4. The summed E-state index contributed by atoms with van der Waals surface area (Å²) in [4.78, 5) is 10.7. The Morgan fingerprint density at radius 2 is 1.92 bits per heavy atom. The summed E-state index contributed by atoms with van der Waals surface area (Å²) >= 11 is 0. The smallest absolute Gasteiger partial charge is 0.307 e. The third-order valence-electron chi connectivity index (χ3n) is 3.47. The second-order valence-electron chi connectivity index (χ2n) is 5.39.